The highest BCUT2D eigenvalue weighted by Gasteiger charge is 2.17. The molecule has 28 heavy (non-hydrogen) atoms. The summed E-state index contributed by atoms with van der Waals surface area (Å²) in [4.78, 5) is 16.4. The molecule has 0 unspecified atom stereocenters. The molecule has 0 aliphatic rings. The van der Waals surface area contributed by atoms with Crippen molar-refractivity contribution in [2.45, 2.75) is 6.92 Å². The number of carbonyl (C=O) groups is 1. The molecule has 0 fully saturated rings. The molecule has 2 aromatic carbocycles. The van der Waals surface area contributed by atoms with Crippen molar-refractivity contribution in [1.82, 2.24) is 4.98 Å². The summed E-state index contributed by atoms with van der Waals surface area (Å²) in [6.45, 7) is 1.37. The van der Waals surface area contributed by atoms with Crippen LogP contribution in [0.4, 0.5) is 9.52 Å². The number of hydrogen-bond donors (Lipinski definition) is 0. The Labute approximate surface area is 165 Å². The van der Waals surface area contributed by atoms with E-state index in [1.807, 2.05) is 0 Å². The molecule has 0 saturated heterocycles. The highest BCUT2D eigenvalue weighted by atomic mass is 32.1. The third kappa shape index (κ3) is 3.89. The van der Waals surface area contributed by atoms with E-state index in [1.54, 1.807) is 18.2 Å². The minimum Gasteiger partial charge on any atom is -0.493 e. The van der Waals surface area contributed by atoms with E-state index in [9.17, 15) is 9.18 Å². The number of ether oxygens (including phenoxy) is 3. The molecule has 0 radical (unpaired) electrons. The lowest BCUT2D eigenvalue weighted by Crippen LogP contribution is -2.22. The number of carbonyl (C=O) groups excluding carboxylic acids is 1. The van der Waals surface area contributed by atoms with Crippen molar-refractivity contribution in [3.05, 3.63) is 41.7 Å². The fourth-order valence-electron chi connectivity index (χ4n) is 2.54. The Morgan fingerprint density at radius 3 is 2.39 bits per heavy atom. The molecule has 1 amide bonds. The zero-order valence-corrected chi connectivity index (χ0v) is 16.5. The molecule has 1 heterocycles. The monoisotopic (exact) mass is 403 g/mol. The van der Waals surface area contributed by atoms with Crippen molar-refractivity contribution in [2.75, 3.05) is 26.3 Å². The number of hydrogen-bond acceptors (Lipinski definition) is 7. The summed E-state index contributed by atoms with van der Waals surface area (Å²) in [6, 6.07) is 7.67. The lowest BCUT2D eigenvalue weighted by Gasteiger charge is -2.13. The standard InChI is InChI=1S/C19H18FN3O4S/c1-11(24)23(19-22-14-6-5-13(20)9-17(14)28-19)21-10-12-7-15(25-2)18(27-4)16(8-12)26-3/h5-10H,1-4H3/b21-10+. The molecular formula is C19H18FN3O4S. The van der Waals surface area contributed by atoms with Gasteiger partial charge in [-0.3, -0.25) is 4.79 Å². The van der Waals surface area contributed by atoms with Gasteiger partial charge in [0.2, 0.25) is 16.8 Å². The number of nitrogens with zero attached hydrogens (tertiary/aromatic N) is 3. The molecule has 0 aliphatic heterocycles. The number of anilines is 1. The molecule has 0 N–H and O–H groups in total. The average molecular weight is 403 g/mol. The predicted molar refractivity (Wildman–Crippen MR) is 106 cm³/mol. The van der Waals surface area contributed by atoms with Gasteiger partial charge in [0.15, 0.2) is 11.5 Å². The van der Waals surface area contributed by atoms with Gasteiger partial charge in [0.05, 0.1) is 37.8 Å². The van der Waals surface area contributed by atoms with Crippen molar-refractivity contribution in [3.63, 3.8) is 0 Å². The molecule has 0 atom stereocenters. The second kappa shape index (κ2) is 8.22. The van der Waals surface area contributed by atoms with E-state index in [1.165, 1.54) is 57.9 Å². The highest BCUT2D eigenvalue weighted by Crippen LogP contribution is 2.38. The molecular weight excluding hydrogens is 385 g/mol. The Kier molecular flexibility index (Phi) is 5.74. The summed E-state index contributed by atoms with van der Waals surface area (Å²) in [5, 5.41) is 5.75. The number of methoxy groups -OCH3 is 3. The molecule has 3 rings (SSSR count). The maximum Gasteiger partial charge on any atom is 0.246 e. The zero-order valence-electron chi connectivity index (χ0n) is 15.7. The Bertz CT molecular complexity index is 1030. The predicted octanol–water partition coefficient (Wildman–Crippen LogP) is 3.85. The molecule has 0 saturated carbocycles. The third-order valence-electron chi connectivity index (χ3n) is 3.83. The normalized spacial score (nSPS) is 11.0. The molecule has 146 valence electrons. The molecule has 1 aromatic heterocycles. The number of thiazole rings is 1. The number of fused-ring (bicyclic) bond motifs is 1. The van der Waals surface area contributed by atoms with Crippen LogP contribution in [-0.2, 0) is 4.79 Å². The number of rotatable bonds is 6. The van der Waals surface area contributed by atoms with E-state index in [0.29, 0.717) is 38.2 Å². The van der Waals surface area contributed by atoms with Gasteiger partial charge in [-0.05, 0) is 30.3 Å². The molecule has 7 nitrogen and oxygen atoms in total. The van der Waals surface area contributed by atoms with Crippen LogP contribution in [0.15, 0.2) is 35.4 Å². The van der Waals surface area contributed by atoms with Crippen molar-refractivity contribution in [1.29, 1.82) is 0 Å². The minimum absolute atomic E-state index is 0.330. The van der Waals surface area contributed by atoms with Crippen molar-refractivity contribution in [2.24, 2.45) is 5.10 Å². The first kappa shape index (κ1) is 19.6. The minimum atomic E-state index is -0.363. The van der Waals surface area contributed by atoms with E-state index in [4.69, 9.17) is 14.2 Å². The van der Waals surface area contributed by atoms with Gasteiger partial charge in [0.25, 0.3) is 0 Å². The Balaban J connectivity index is 1.98. The van der Waals surface area contributed by atoms with Crippen LogP contribution < -0.4 is 19.2 Å². The zero-order chi connectivity index (χ0) is 20.3. The van der Waals surface area contributed by atoms with Gasteiger partial charge in [-0.1, -0.05) is 11.3 Å². The van der Waals surface area contributed by atoms with Crippen LogP contribution in [0.1, 0.15) is 12.5 Å². The lowest BCUT2D eigenvalue weighted by molar-refractivity contribution is -0.116. The van der Waals surface area contributed by atoms with Gasteiger partial charge in [0.1, 0.15) is 5.82 Å². The maximum absolute atomic E-state index is 13.4. The first-order valence-electron chi connectivity index (χ1n) is 8.17. The summed E-state index contributed by atoms with van der Waals surface area (Å²) in [5.74, 6) is 0.696. The number of hydrazone groups is 1. The lowest BCUT2D eigenvalue weighted by atomic mass is 10.2. The van der Waals surface area contributed by atoms with Crippen LogP contribution in [0.3, 0.4) is 0 Å². The molecule has 3 aromatic rings. The third-order valence-corrected chi connectivity index (χ3v) is 4.82. The Morgan fingerprint density at radius 2 is 1.82 bits per heavy atom. The quantitative estimate of drug-likeness (QED) is 0.462. The van der Waals surface area contributed by atoms with Crippen LogP contribution >= 0.6 is 11.3 Å². The SMILES string of the molecule is COc1cc(/C=N/N(C(C)=O)c2nc3ccc(F)cc3s2)cc(OC)c1OC. The summed E-state index contributed by atoms with van der Waals surface area (Å²) in [7, 11) is 4.54. The van der Waals surface area contributed by atoms with Crippen LogP contribution in [0.5, 0.6) is 17.2 Å². The molecule has 0 spiro atoms. The van der Waals surface area contributed by atoms with Gasteiger partial charge in [-0.2, -0.15) is 10.1 Å². The first-order chi connectivity index (χ1) is 13.5. The molecule has 9 heteroatoms. The number of amides is 1. The van der Waals surface area contributed by atoms with Crippen molar-refractivity contribution in [3.8, 4) is 17.2 Å². The number of aromatic nitrogens is 1. The van der Waals surface area contributed by atoms with Gasteiger partial charge in [-0.15, -0.1) is 0 Å². The van der Waals surface area contributed by atoms with Crippen molar-refractivity contribution < 1.29 is 23.4 Å². The topological polar surface area (TPSA) is 73.2 Å². The van der Waals surface area contributed by atoms with E-state index >= 15 is 0 Å². The van der Waals surface area contributed by atoms with Crippen LogP contribution in [0.2, 0.25) is 0 Å². The fraction of sp³-hybridized carbons (Fsp3) is 0.211. The average Bonchev–Trinajstić information content (AvgIpc) is 3.09. The fourth-order valence-corrected chi connectivity index (χ4v) is 3.54. The van der Waals surface area contributed by atoms with Gasteiger partial charge >= 0.3 is 0 Å². The van der Waals surface area contributed by atoms with E-state index < -0.39 is 0 Å². The number of benzene rings is 2. The van der Waals surface area contributed by atoms with E-state index in [0.717, 1.165) is 5.01 Å². The van der Waals surface area contributed by atoms with Crippen LogP contribution in [0.25, 0.3) is 10.2 Å². The Hall–Kier alpha value is -3.20. The second-order valence-corrected chi connectivity index (χ2v) is 6.65. The molecule has 0 bridgehead atoms. The van der Waals surface area contributed by atoms with Gasteiger partial charge in [-0.25, -0.2) is 9.37 Å². The largest absolute Gasteiger partial charge is 0.493 e. The van der Waals surface area contributed by atoms with Crippen LogP contribution in [0, 0.1) is 5.82 Å². The Morgan fingerprint density at radius 1 is 1.14 bits per heavy atom. The summed E-state index contributed by atoms with van der Waals surface area (Å²) in [5.41, 5.74) is 1.23. The highest BCUT2D eigenvalue weighted by molar-refractivity contribution is 7.22. The van der Waals surface area contributed by atoms with E-state index in [-0.39, 0.29) is 11.7 Å². The van der Waals surface area contributed by atoms with Gasteiger partial charge < -0.3 is 14.2 Å². The van der Waals surface area contributed by atoms with E-state index in [2.05, 4.69) is 10.1 Å². The van der Waals surface area contributed by atoms with Gasteiger partial charge in [0, 0.05) is 12.5 Å². The van der Waals surface area contributed by atoms with Crippen LogP contribution in [-0.4, -0.2) is 38.4 Å². The second-order valence-electron chi connectivity index (χ2n) is 5.64. The number of halogens is 1. The summed E-state index contributed by atoms with van der Waals surface area (Å²) in [6.07, 6.45) is 1.48. The summed E-state index contributed by atoms with van der Waals surface area (Å²) >= 11 is 1.18. The maximum atomic E-state index is 13.4. The smallest absolute Gasteiger partial charge is 0.246 e. The summed E-state index contributed by atoms with van der Waals surface area (Å²) < 4.78 is 30.0. The van der Waals surface area contributed by atoms with Crippen molar-refractivity contribution >= 4 is 38.8 Å². The first-order valence-corrected chi connectivity index (χ1v) is 8.99. The molecule has 0 aliphatic carbocycles.